The third-order valence-corrected chi connectivity index (χ3v) is 5.06. The Hall–Kier alpha value is -1.22. The van der Waals surface area contributed by atoms with Crippen molar-refractivity contribution in [2.24, 2.45) is 5.41 Å². The van der Waals surface area contributed by atoms with Crippen molar-refractivity contribution >= 4 is 0 Å². The van der Waals surface area contributed by atoms with Crippen molar-refractivity contribution in [1.82, 2.24) is 5.32 Å². The van der Waals surface area contributed by atoms with Crippen LogP contribution < -0.4 is 14.8 Å². The molecule has 1 aromatic rings. The molecule has 1 aliphatic carbocycles. The minimum Gasteiger partial charge on any atom is -0.490 e. The topological polar surface area (TPSA) is 30.5 Å². The van der Waals surface area contributed by atoms with Crippen LogP contribution in [-0.2, 0) is 6.54 Å². The van der Waals surface area contributed by atoms with Crippen molar-refractivity contribution in [3.8, 4) is 11.5 Å². The number of fused-ring (bicyclic) bond motifs is 1. The predicted molar refractivity (Wildman–Crippen MR) is 84.9 cm³/mol. The summed E-state index contributed by atoms with van der Waals surface area (Å²) in [6, 6.07) is 6.32. The van der Waals surface area contributed by atoms with Gasteiger partial charge in [-0.05, 0) is 42.4 Å². The lowest BCUT2D eigenvalue weighted by Crippen LogP contribution is -2.31. The second kappa shape index (κ2) is 6.69. The van der Waals surface area contributed by atoms with E-state index >= 15 is 0 Å². The standard InChI is InChI=1S/C18H27NO2/c1-2-18(8-3-4-9-18)14-19-13-15-6-7-16-17(12-15)21-11-5-10-20-16/h6-7,12,19H,2-5,8-11,13-14H2,1H3. The molecule has 21 heavy (non-hydrogen) atoms. The van der Waals surface area contributed by atoms with Crippen LogP contribution in [0.3, 0.4) is 0 Å². The van der Waals surface area contributed by atoms with E-state index in [0.29, 0.717) is 5.41 Å². The van der Waals surface area contributed by atoms with Crippen LogP contribution in [0.15, 0.2) is 18.2 Å². The Bertz CT molecular complexity index is 466. The molecular weight excluding hydrogens is 262 g/mol. The summed E-state index contributed by atoms with van der Waals surface area (Å²) in [4.78, 5) is 0. The molecule has 3 heteroatoms. The van der Waals surface area contributed by atoms with Crippen LogP contribution in [-0.4, -0.2) is 19.8 Å². The van der Waals surface area contributed by atoms with E-state index in [-0.39, 0.29) is 0 Å². The Kier molecular flexibility index (Phi) is 4.69. The molecule has 0 bridgehead atoms. The second-order valence-corrected chi connectivity index (χ2v) is 6.50. The molecule has 1 heterocycles. The Balaban J connectivity index is 1.57. The first-order valence-electron chi connectivity index (χ1n) is 8.41. The van der Waals surface area contributed by atoms with Gasteiger partial charge in [-0.1, -0.05) is 25.8 Å². The molecule has 0 saturated heterocycles. The lowest BCUT2D eigenvalue weighted by molar-refractivity contribution is 0.268. The molecule has 2 aliphatic rings. The molecule has 3 rings (SSSR count). The molecule has 1 N–H and O–H groups in total. The predicted octanol–water partition coefficient (Wildman–Crippen LogP) is 3.91. The Morgan fingerprint density at radius 2 is 1.81 bits per heavy atom. The monoisotopic (exact) mass is 289 g/mol. The molecule has 0 spiro atoms. The van der Waals surface area contributed by atoms with Crippen molar-refractivity contribution in [3.63, 3.8) is 0 Å². The first kappa shape index (κ1) is 14.7. The van der Waals surface area contributed by atoms with Gasteiger partial charge in [0.15, 0.2) is 11.5 Å². The largest absolute Gasteiger partial charge is 0.490 e. The average molecular weight is 289 g/mol. The molecule has 1 saturated carbocycles. The zero-order chi connectivity index (χ0) is 14.5. The summed E-state index contributed by atoms with van der Waals surface area (Å²) in [5.74, 6) is 1.79. The van der Waals surface area contributed by atoms with Crippen LogP contribution in [0, 0.1) is 5.41 Å². The molecule has 116 valence electrons. The van der Waals surface area contributed by atoms with Gasteiger partial charge in [0.1, 0.15) is 0 Å². The summed E-state index contributed by atoms with van der Waals surface area (Å²) < 4.78 is 11.4. The van der Waals surface area contributed by atoms with Crippen LogP contribution in [0.25, 0.3) is 0 Å². The van der Waals surface area contributed by atoms with Gasteiger partial charge in [0.05, 0.1) is 13.2 Å². The lowest BCUT2D eigenvalue weighted by Gasteiger charge is -2.27. The van der Waals surface area contributed by atoms with Crippen molar-refractivity contribution in [3.05, 3.63) is 23.8 Å². The molecule has 3 nitrogen and oxygen atoms in total. The van der Waals surface area contributed by atoms with Gasteiger partial charge in [0, 0.05) is 19.5 Å². The van der Waals surface area contributed by atoms with E-state index in [0.717, 1.165) is 44.2 Å². The van der Waals surface area contributed by atoms with E-state index in [2.05, 4.69) is 24.4 Å². The zero-order valence-electron chi connectivity index (χ0n) is 13.1. The van der Waals surface area contributed by atoms with Gasteiger partial charge < -0.3 is 14.8 Å². The summed E-state index contributed by atoms with van der Waals surface area (Å²) in [5, 5.41) is 3.66. The minimum atomic E-state index is 0.547. The van der Waals surface area contributed by atoms with Crippen molar-refractivity contribution < 1.29 is 9.47 Å². The number of nitrogens with one attached hydrogen (secondary N) is 1. The Morgan fingerprint density at radius 1 is 1.05 bits per heavy atom. The Labute approximate surface area is 128 Å². The zero-order valence-corrected chi connectivity index (χ0v) is 13.1. The molecule has 1 aliphatic heterocycles. The fourth-order valence-electron chi connectivity index (χ4n) is 3.57. The lowest BCUT2D eigenvalue weighted by atomic mass is 9.83. The molecule has 0 amide bonds. The van der Waals surface area contributed by atoms with Gasteiger partial charge in [-0.3, -0.25) is 0 Å². The maximum atomic E-state index is 5.76. The van der Waals surface area contributed by atoms with Crippen LogP contribution in [0.4, 0.5) is 0 Å². The summed E-state index contributed by atoms with van der Waals surface area (Å²) in [5.41, 5.74) is 1.83. The van der Waals surface area contributed by atoms with Crippen molar-refractivity contribution in [1.29, 1.82) is 0 Å². The number of hydrogen-bond acceptors (Lipinski definition) is 3. The second-order valence-electron chi connectivity index (χ2n) is 6.50. The molecule has 1 fully saturated rings. The number of rotatable bonds is 5. The highest BCUT2D eigenvalue weighted by atomic mass is 16.5. The van der Waals surface area contributed by atoms with E-state index in [1.54, 1.807) is 0 Å². The van der Waals surface area contributed by atoms with Gasteiger partial charge in [0.25, 0.3) is 0 Å². The van der Waals surface area contributed by atoms with E-state index in [9.17, 15) is 0 Å². The number of ether oxygens (including phenoxy) is 2. The highest BCUT2D eigenvalue weighted by Crippen LogP contribution is 2.40. The van der Waals surface area contributed by atoms with Gasteiger partial charge >= 0.3 is 0 Å². The maximum absolute atomic E-state index is 5.76. The quantitative estimate of drug-likeness (QED) is 0.891. The third kappa shape index (κ3) is 3.52. The molecule has 0 atom stereocenters. The summed E-state index contributed by atoms with van der Waals surface area (Å²) >= 11 is 0. The van der Waals surface area contributed by atoms with E-state index in [1.165, 1.54) is 37.7 Å². The SMILES string of the molecule is CCC1(CNCc2ccc3c(c2)OCCCO3)CCCC1. The van der Waals surface area contributed by atoms with E-state index in [4.69, 9.17) is 9.47 Å². The fraction of sp³-hybridized carbons (Fsp3) is 0.667. The molecule has 0 unspecified atom stereocenters. The maximum Gasteiger partial charge on any atom is 0.161 e. The molecule has 0 aromatic heterocycles. The minimum absolute atomic E-state index is 0.547. The van der Waals surface area contributed by atoms with E-state index < -0.39 is 0 Å². The molecule has 0 radical (unpaired) electrons. The molecular formula is C18H27NO2. The summed E-state index contributed by atoms with van der Waals surface area (Å²) in [6.07, 6.45) is 7.83. The normalized spacial score (nSPS) is 20.2. The van der Waals surface area contributed by atoms with Gasteiger partial charge in [-0.15, -0.1) is 0 Å². The van der Waals surface area contributed by atoms with Crippen LogP contribution >= 0.6 is 0 Å². The van der Waals surface area contributed by atoms with E-state index in [1.807, 2.05) is 6.07 Å². The van der Waals surface area contributed by atoms with Gasteiger partial charge in [-0.25, -0.2) is 0 Å². The van der Waals surface area contributed by atoms with Crippen molar-refractivity contribution in [2.75, 3.05) is 19.8 Å². The molecule has 1 aromatic carbocycles. The third-order valence-electron chi connectivity index (χ3n) is 5.06. The van der Waals surface area contributed by atoms with Crippen LogP contribution in [0.1, 0.15) is 51.0 Å². The average Bonchev–Trinajstić information content (AvgIpc) is 2.86. The fourth-order valence-corrected chi connectivity index (χ4v) is 3.57. The summed E-state index contributed by atoms with van der Waals surface area (Å²) in [7, 11) is 0. The van der Waals surface area contributed by atoms with Gasteiger partial charge in [-0.2, -0.15) is 0 Å². The number of benzene rings is 1. The van der Waals surface area contributed by atoms with Crippen molar-refractivity contribution in [2.45, 2.75) is 52.0 Å². The smallest absolute Gasteiger partial charge is 0.161 e. The number of hydrogen-bond donors (Lipinski definition) is 1. The summed E-state index contributed by atoms with van der Waals surface area (Å²) in [6.45, 7) is 5.89. The highest BCUT2D eigenvalue weighted by molar-refractivity contribution is 5.43. The van der Waals surface area contributed by atoms with Crippen LogP contribution in [0.2, 0.25) is 0 Å². The van der Waals surface area contributed by atoms with Crippen LogP contribution in [0.5, 0.6) is 11.5 Å². The first-order valence-corrected chi connectivity index (χ1v) is 8.41. The first-order chi connectivity index (χ1) is 10.3. The highest BCUT2D eigenvalue weighted by Gasteiger charge is 2.31. The van der Waals surface area contributed by atoms with Gasteiger partial charge in [0.2, 0.25) is 0 Å². The Morgan fingerprint density at radius 3 is 2.57 bits per heavy atom.